The number of rotatable bonds is 7. The highest BCUT2D eigenvalue weighted by molar-refractivity contribution is 5.79. The lowest BCUT2D eigenvalue weighted by atomic mass is 9.96. The Kier molecular flexibility index (Phi) is 8.16. The Balaban J connectivity index is 1.62. The van der Waals surface area contributed by atoms with E-state index in [1.807, 2.05) is 39.8 Å². The molecule has 2 N–H and O–H groups in total. The highest BCUT2D eigenvalue weighted by atomic mass is 19.1. The molecule has 10 heteroatoms. The van der Waals surface area contributed by atoms with E-state index in [1.165, 1.54) is 0 Å². The van der Waals surface area contributed by atoms with Crippen LogP contribution >= 0.6 is 0 Å². The van der Waals surface area contributed by atoms with E-state index in [2.05, 4.69) is 20.6 Å². The quantitative estimate of drug-likeness (QED) is 0.495. The summed E-state index contributed by atoms with van der Waals surface area (Å²) in [5, 5.41) is 6.27. The fourth-order valence-electron chi connectivity index (χ4n) is 4.40. The van der Waals surface area contributed by atoms with Gasteiger partial charge in [-0.15, -0.1) is 0 Å². The molecule has 2 aliphatic heterocycles. The third-order valence-corrected chi connectivity index (χ3v) is 6.03. The highest BCUT2D eigenvalue weighted by Crippen LogP contribution is 2.42. The van der Waals surface area contributed by atoms with Crippen LogP contribution in [-0.4, -0.2) is 66.5 Å². The van der Waals surface area contributed by atoms with Crippen LogP contribution in [0.2, 0.25) is 0 Å². The smallest absolute Gasteiger partial charge is 0.410 e. The summed E-state index contributed by atoms with van der Waals surface area (Å²) >= 11 is 0. The summed E-state index contributed by atoms with van der Waals surface area (Å²) in [6.45, 7) is 9.89. The van der Waals surface area contributed by atoms with Gasteiger partial charge in [-0.3, -0.25) is 0 Å². The van der Waals surface area contributed by atoms with E-state index in [1.54, 1.807) is 18.1 Å². The van der Waals surface area contributed by atoms with Gasteiger partial charge in [0.25, 0.3) is 0 Å². The molecule has 200 valence electrons. The van der Waals surface area contributed by atoms with Gasteiger partial charge < -0.3 is 29.7 Å². The zero-order chi connectivity index (χ0) is 26.6. The molecule has 0 unspecified atom stereocenters. The van der Waals surface area contributed by atoms with Gasteiger partial charge in [-0.1, -0.05) is 6.08 Å². The van der Waals surface area contributed by atoms with E-state index in [-0.39, 0.29) is 6.09 Å². The molecule has 1 aromatic heterocycles. The molecule has 0 atom stereocenters. The Bertz CT molecular complexity index is 1180. The van der Waals surface area contributed by atoms with Crippen LogP contribution in [0.25, 0.3) is 5.57 Å². The van der Waals surface area contributed by atoms with E-state index in [4.69, 9.17) is 14.2 Å². The zero-order valence-electron chi connectivity index (χ0n) is 22.2. The van der Waals surface area contributed by atoms with Crippen LogP contribution in [0.5, 0.6) is 5.75 Å². The van der Waals surface area contributed by atoms with Crippen LogP contribution in [0.3, 0.4) is 0 Å². The molecule has 9 nitrogen and oxygen atoms in total. The number of aryl methyl sites for hydroxylation is 1. The van der Waals surface area contributed by atoms with E-state index in [9.17, 15) is 4.79 Å². The first-order chi connectivity index (χ1) is 17.6. The van der Waals surface area contributed by atoms with E-state index in [0.717, 1.165) is 16.8 Å². The Labute approximate surface area is 217 Å². The molecule has 0 saturated heterocycles. The molecule has 1 amide bonds. The van der Waals surface area contributed by atoms with Gasteiger partial charge >= 0.3 is 6.09 Å². The minimum absolute atomic E-state index is 0.293. The molecular formula is C27H36FN5O4. The van der Waals surface area contributed by atoms with Crippen molar-refractivity contribution in [3.8, 4) is 5.75 Å². The van der Waals surface area contributed by atoms with Crippen molar-refractivity contribution in [2.24, 2.45) is 0 Å². The van der Waals surface area contributed by atoms with Gasteiger partial charge in [0.15, 0.2) is 5.82 Å². The number of carbonyl (C=O) groups is 1. The molecule has 0 saturated carbocycles. The van der Waals surface area contributed by atoms with Crippen LogP contribution in [-0.2, 0) is 15.9 Å². The highest BCUT2D eigenvalue weighted by Gasteiger charge is 2.28. The van der Waals surface area contributed by atoms with Crippen molar-refractivity contribution < 1.29 is 23.4 Å². The van der Waals surface area contributed by atoms with Crippen molar-refractivity contribution in [2.75, 3.05) is 50.6 Å². The number of anilines is 3. The number of hydrogen-bond acceptors (Lipinski definition) is 8. The summed E-state index contributed by atoms with van der Waals surface area (Å²) < 4.78 is 32.6. The maximum Gasteiger partial charge on any atom is 0.410 e. The fraction of sp³-hybridized carbons (Fsp3) is 0.519. The molecule has 0 spiro atoms. The topological polar surface area (TPSA) is 97.8 Å². The maximum atomic E-state index is 16.1. The zero-order valence-corrected chi connectivity index (χ0v) is 22.2. The number of aromatic nitrogens is 2. The number of allylic oxidation sites excluding steroid dienone is 1. The molecule has 3 heterocycles. The summed E-state index contributed by atoms with van der Waals surface area (Å²) in [5.74, 6) is 1.09. The Morgan fingerprint density at radius 2 is 2.05 bits per heavy atom. The molecule has 1 aromatic carbocycles. The van der Waals surface area contributed by atoms with Gasteiger partial charge in [0, 0.05) is 50.5 Å². The van der Waals surface area contributed by atoms with Gasteiger partial charge in [0.05, 0.1) is 24.5 Å². The second kappa shape index (κ2) is 11.3. The number of fused-ring (bicyclic) bond motifs is 1. The van der Waals surface area contributed by atoms with Crippen molar-refractivity contribution in [3.05, 3.63) is 40.8 Å². The molecule has 0 aliphatic carbocycles. The normalized spacial score (nSPS) is 15.4. The molecule has 0 radical (unpaired) electrons. The van der Waals surface area contributed by atoms with Gasteiger partial charge in [-0.25, -0.2) is 14.2 Å². The van der Waals surface area contributed by atoms with Crippen molar-refractivity contribution in [1.82, 2.24) is 14.9 Å². The predicted molar refractivity (Wildman–Crippen MR) is 141 cm³/mol. The number of carbonyl (C=O) groups excluding carboxylic acids is 1. The molecule has 0 bridgehead atoms. The average Bonchev–Trinajstić information content (AvgIpc) is 3.13. The molecule has 37 heavy (non-hydrogen) atoms. The number of hydrogen-bond donors (Lipinski definition) is 2. The van der Waals surface area contributed by atoms with Gasteiger partial charge in [-0.05, 0) is 52.2 Å². The second-order valence-corrected chi connectivity index (χ2v) is 10.2. The average molecular weight is 514 g/mol. The Morgan fingerprint density at radius 1 is 1.24 bits per heavy atom. The molecule has 2 aliphatic rings. The number of amides is 1. The maximum absolute atomic E-state index is 16.1. The van der Waals surface area contributed by atoms with E-state index in [0.29, 0.717) is 80.9 Å². The summed E-state index contributed by atoms with van der Waals surface area (Å²) in [5.41, 5.74) is 2.65. The van der Waals surface area contributed by atoms with Crippen molar-refractivity contribution >= 4 is 29.1 Å². The minimum atomic E-state index is -0.576. The summed E-state index contributed by atoms with van der Waals surface area (Å²) in [4.78, 5) is 23.2. The van der Waals surface area contributed by atoms with Crippen LogP contribution in [0.4, 0.5) is 26.6 Å². The first-order valence-corrected chi connectivity index (χ1v) is 12.7. The lowest BCUT2D eigenvalue weighted by Gasteiger charge is -2.25. The third kappa shape index (κ3) is 6.68. The fourth-order valence-corrected chi connectivity index (χ4v) is 4.40. The van der Waals surface area contributed by atoms with Gasteiger partial charge in [-0.2, -0.15) is 4.98 Å². The number of halogens is 1. The van der Waals surface area contributed by atoms with Crippen LogP contribution in [0.15, 0.2) is 18.2 Å². The van der Waals surface area contributed by atoms with Crippen LogP contribution in [0, 0.1) is 12.7 Å². The van der Waals surface area contributed by atoms with Crippen LogP contribution < -0.4 is 15.4 Å². The Hall–Kier alpha value is -3.40. The van der Waals surface area contributed by atoms with Crippen molar-refractivity contribution in [2.45, 2.75) is 52.6 Å². The largest absolute Gasteiger partial charge is 0.492 e. The number of benzene rings is 1. The van der Waals surface area contributed by atoms with Crippen molar-refractivity contribution in [1.29, 1.82) is 0 Å². The van der Waals surface area contributed by atoms with E-state index < -0.39 is 11.4 Å². The van der Waals surface area contributed by atoms with E-state index >= 15 is 4.39 Å². The summed E-state index contributed by atoms with van der Waals surface area (Å²) in [7, 11) is 1.64. The van der Waals surface area contributed by atoms with Gasteiger partial charge in [0.1, 0.15) is 17.2 Å². The summed E-state index contributed by atoms with van der Waals surface area (Å²) in [6, 6.07) is 3.60. The van der Waals surface area contributed by atoms with Crippen molar-refractivity contribution in [3.63, 3.8) is 0 Å². The lowest BCUT2D eigenvalue weighted by molar-refractivity contribution is 0.0273. The first kappa shape index (κ1) is 26.7. The molecule has 4 rings (SSSR count). The summed E-state index contributed by atoms with van der Waals surface area (Å²) in [6.07, 6.45) is 3.53. The standard InChI is InChI=1S/C27H36FN5O4/c1-17-15-21(29-10-14-35-5)32-25(30-17)31-20-16-19-9-13-36-24(19)22(23(20)28)18-7-6-11-33(12-8-18)26(34)37-27(2,3)4/h8,15-16H,6-7,9-14H2,1-5H3,(H2,29,30,31,32). The monoisotopic (exact) mass is 513 g/mol. The second-order valence-electron chi connectivity index (χ2n) is 10.2. The SMILES string of the molecule is COCCNc1cc(C)nc(Nc2cc3c(c(C4=CCN(C(=O)OC(C)(C)C)CCC4)c2F)OCC3)n1. The molecular weight excluding hydrogens is 477 g/mol. The first-order valence-electron chi connectivity index (χ1n) is 12.7. The van der Waals surface area contributed by atoms with Gasteiger partial charge in [0.2, 0.25) is 5.95 Å². The number of methoxy groups -OCH3 is 1. The number of ether oxygens (including phenoxy) is 3. The predicted octanol–water partition coefficient (Wildman–Crippen LogP) is 5.08. The third-order valence-electron chi connectivity index (χ3n) is 6.03. The Morgan fingerprint density at radius 3 is 2.81 bits per heavy atom. The minimum Gasteiger partial charge on any atom is -0.492 e. The molecule has 2 aromatic rings. The van der Waals surface area contributed by atoms with Crippen LogP contribution in [0.1, 0.15) is 50.4 Å². The number of nitrogens with one attached hydrogen (secondary N) is 2. The molecule has 0 fully saturated rings. The lowest BCUT2D eigenvalue weighted by Crippen LogP contribution is -2.37. The number of nitrogens with zero attached hydrogens (tertiary/aromatic N) is 3.